The van der Waals surface area contributed by atoms with Crippen molar-refractivity contribution in [1.82, 2.24) is 9.97 Å². The monoisotopic (exact) mass is 299 g/mol. The van der Waals surface area contributed by atoms with Gasteiger partial charge in [-0.15, -0.1) is 0 Å². The molecule has 6 heteroatoms. The summed E-state index contributed by atoms with van der Waals surface area (Å²) in [5, 5.41) is 3.90. The summed E-state index contributed by atoms with van der Waals surface area (Å²) in [7, 11) is 0. The van der Waals surface area contributed by atoms with Gasteiger partial charge in [0.25, 0.3) is 0 Å². The molecule has 1 aromatic heterocycles. The maximum Gasteiger partial charge on any atom is 0.134 e. The molecule has 3 nitrogen and oxygen atoms in total. The van der Waals surface area contributed by atoms with Crippen molar-refractivity contribution >= 4 is 29.0 Å². The van der Waals surface area contributed by atoms with Crippen LogP contribution in [-0.2, 0) is 0 Å². The number of anilines is 1. The molecule has 0 saturated carbocycles. The predicted octanol–water partition coefficient (Wildman–Crippen LogP) is 4.40. The van der Waals surface area contributed by atoms with Gasteiger partial charge in [-0.3, -0.25) is 0 Å². The number of hydrogen-bond donors (Lipinski definition) is 1. The first-order valence-corrected chi connectivity index (χ1v) is 6.44. The number of nitrogens with zero attached hydrogens (tertiary/aromatic N) is 2. The molecule has 2 aromatic rings. The summed E-state index contributed by atoms with van der Waals surface area (Å²) in [6.45, 7) is 3.66. The van der Waals surface area contributed by atoms with Crippen molar-refractivity contribution in [3.05, 3.63) is 51.6 Å². The average Bonchev–Trinajstić information content (AvgIpc) is 2.26. The normalized spacial score (nSPS) is 12.3. The van der Waals surface area contributed by atoms with Gasteiger partial charge >= 0.3 is 0 Å². The molecule has 0 aliphatic carbocycles. The van der Waals surface area contributed by atoms with Crippen LogP contribution in [0.2, 0.25) is 10.2 Å². The standard InChI is InChI=1S/C13H12Cl2FN3/c1-7(10-4-3-9(16)5-11(10)14)17-13-6-12(15)18-8(2)19-13/h3-7H,1-2H3,(H,17,18,19). The van der Waals surface area contributed by atoms with Crippen LogP contribution in [0, 0.1) is 12.7 Å². The van der Waals surface area contributed by atoms with Gasteiger partial charge in [-0.2, -0.15) is 0 Å². The fraction of sp³-hybridized carbons (Fsp3) is 0.231. The Bertz CT molecular complexity index is 584. The van der Waals surface area contributed by atoms with Crippen LogP contribution in [0.5, 0.6) is 0 Å². The molecule has 1 N–H and O–H groups in total. The van der Waals surface area contributed by atoms with E-state index >= 15 is 0 Å². The van der Waals surface area contributed by atoms with Crippen LogP contribution in [0.1, 0.15) is 24.4 Å². The van der Waals surface area contributed by atoms with Gasteiger partial charge in [0.1, 0.15) is 22.6 Å². The zero-order chi connectivity index (χ0) is 14.0. The Labute approximate surface area is 120 Å². The molecule has 0 aliphatic rings. The topological polar surface area (TPSA) is 37.8 Å². The van der Waals surface area contributed by atoms with Crippen LogP contribution in [0.3, 0.4) is 0 Å². The van der Waals surface area contributed by atoms with Gasteiger partial charge < -0.3 is 5.32 Å². The van der Waals surface area contributed by atoms with Crippen LogP contribution >= 0.6 is 23.2 Å². The Hall–Kier alpha value is -1.39. The maximum atomic E-state index is 13.0. The second-order valence-electron chi connectivity index (χ2n) is 4.15. The first-order valence-electron chi connectivity index (χ1n) is 5.68. The Kier molecular flexibility index (Phi) is 4.22. The van der Waals surface area contributed by atoms with Crippen LogP contribution in [-0.4, -0.2) is 9.97 Å². The third-order valence-corrected chi connectivity index (χ3v) is 3.12. The van der Waals surface area contributed by atoms with Gasteiger partial charge in [0.05, 0.1) is 6.04 Å². The Balaban J connectivity index is 2.22. The summed E-state index contributed by atoms with van der Waals surface area (Å²) in [5.41, 5.74) is 0.787. The first kappa shape index (κ1) is 14.0. The minimum Gasteiger partial charge on any atom is -0.363 e. The van der Waals surface area contributed by atoms with Crippen LogP contribution in [0.25, 0.3) is 0 Å². The molecule has 100 valence electrons. The number of halogens is 3. The third kappa shape index (κ3) is 3.55. The number of hydrogen-bond acceptors (Lipinski definition) is 3. The van der Waals surface area contributed by atoms with Gasteiger partial charge in [0.15, 0.2) is 0 Å². The van der Waals surface area contributed by atoms with E-state index in [9.17, 15) is 4.39 Å². The molecule has 0 radical (unpaired) electrons. The fourth-order valence-corrected chi connectivity index (χ4v) is 2.31. The molecular formula is C13H12Cl2FN3. The van der Waals surface area contributed by atoms with Gasteiger partial charge in [0, 0.05) is 11.1 Å². The minimum absolute atomic E-state index is 0.126. The molecule has 0 saturated heterocycles. The van der Waals surface area contributed by atoms with Crippen molar-refractivity contribution in [3.8, 4) is 0 Å². The quantitative estimate of drug-likeness (QED) is 0.853. The van der Waals surface area contributed by atoms with Crippen molar-refractivity contribution in [2.24, 2.45) is 0 Å². The lowest BCUT2D eigenvalue weighted by Gasteiger charge is -2.16. The second-order valence-corrected chi connectivity index (χ2v) is 4.95. The van der Waals surface area contributed by atoms with Crippen LogP contribution < -0.4 is 5.32 Å². The summed E-state index contributed by atoms with van der Waals surface area (Å²) in [6, 6.07) is 5.80. The molecule has 0 bridgehead atoms. The molecule has 1 aromatic carbocycles. The van der Waals surface area contributed by atoms with E-state index in [-0.39, 0.29) is 11.9 Å². The lowest BCUT2D eigenvalue weighted by atomic mass is 10.1. The molecule has 19 heavy (non-hydrogen) atoms. The molecule has 1 atom stereocenters. The van der Waals surface area contributed by atoms with E-state index in [2.05, 4.69) is 15.3 Å². The highest BCUT2D eigenvalue weighted by Gasteiger charge is 2.11. The molecule has 0 fully saturated rings. The SMILES string of the molecule is Cc1nc(Cl)cc(NC(C)c2ccc(F)cc2Cl)n1. The van der Waals surface area contributed by atoms with Crippen LogP contribution in [0.4, 0.5) is 10.2 Å². The van der Waals surface area contributed by atoms with Gasteiger partial charge in [-0.25, -0.2) is 14.4 Å². The van der Waals surface area contributed by atoms with Crippen molar-refractivity contribution in [1.29, 1.82) is 0 Å². The molecular weight excluding hydrogens is 288 g/mol. The van der Waals surface area contributed by atoms with E-state index in [0.29, 0.717) is 21.8 Å². The third-order valence-electron chi connectivity index (χ3n) is 2.60. The fourth-order valence-electron chi connectivity index (χ4n) is 1.76. The van der Waals surface area contributed by atoms with E-state index in [1.807, 2.05) is 6.92 Å². The molecule has 0 spiro atoms. The molecule has 1 unspecified atom stereocenters. The highest BCUT2D eigenvalue weighted by Crippen LogP contribution is 2.26. The first-order chi connectivity index (χ1) is 8.95. The predicted molar refractivity (Wildman–Crippen MR) is 75.2 cm³/mol. The average molecular weight is 300 g/mol. The zero-order valence-electron chi connectivity index (χ0n) is 10.4. The van der Waals surface area contributed by atoms with Crippen molar-refractivity contribution in [3.63, 3.8) is 0 Å². The van der Waals surface area contributed by atoms with E-state index in [0.717, 1.165) is 5.56 Å². The second kappa shape index (κ2) is 5.72. The van der Waals surface area contributed by atoms with E-state index in [1.54, 1.807) is 19.1 Å². The Morgan fingerprint density at radius 3 is 2.58 bits per heavy atom. The largest absolute Gasteiger partial charge is 0.363 e. The van der Waals surface area contributed by atoms with Crippen molar-refractivity contribution in [2.75, 3.05) is 5.32 Å². The van der Waals surface area contributed by atoms with Gasteiger partial charge in [-0.05, 0) is 31.5 Å². The van der Waals surface area contributed by atoms with E-state index in [4.69, 9.17) is 23.2 Å². The minimum atomic E-state index is -0.359. The number of aryl methyl sites for hydroxylation is 1. The summed E-state index contributed by atoms with van der Waals surface area (Å²) < 4.78 is 13.0. The van der Waals surface area contributed by atoms with Crippen molar-refractivity contribution in [2.45, 2.75) is 19.9 Å². The summed E-state index contributed by atoms with van der Waals surface area (Å²) >= 11 is 11.9. The number of aromatic nitrogens is 2. The summed E-state index contributed by atoms with van der Waals surface area (Å²) in [4.78, 5) is 8.21. The lowest BCUT2D eigenvalue weighted by Crippen LogP contribution is -2.09. The smallest absolute Gasteiger partial charge is 0.134 e. The highest BCUT2D eigenvalue weighted by molar-refractivity contribution is 6.31. The lowest BCUT2D eigenvalue weighted by molar-refractivity contribution is 0.626. The molecule has 1 heterocycles. The summed E-state index contributed by atoms with van der Waals surface area (Å²) in [5.74, 6) is 0.819. The van der Waals surface area contributed by atoms with Gasteiger partial charge in [-0.1, -0.05) is 29.3 Å². The Morgan fingerprint density at radius 1 is 1.21 bits per heavy atom. The van der Waals surface area contributed by atoms with Gasteiger partial charge in [0.2, 0.25) is 0 Å². The Morgan fingerprint density at radius 2 is 1.95 bits per heavy atom. The molecule has 0 aliphatic heterocycles. The number of nitrogens with one attached hydrogen (secondary N) is 1. The molecule has 2 rings (SSSR count). The number of rotatable bonds is 3. The molecule has 0 amide bonds. The highest BCUT2D eigenvalue weighted by atomic mass is 35.5. The maximum absolute atomic E-state index is 13.0. The van der Waals surface area contributed by atoms with E-state index in [1.165, 1.54) is 12.1 Å². The van der Waals surface area contributed by atoms with Crippen molar-refractivity contribution < 1.29 is 4.39 Å². The summed E-state index contributed by atoms with van der Waals surface area (Å²) in [6.07, 6.45) is 0. The van der Waals surface area contributed by atoms with E-state index < -0.39 is 0 Å². The zero-order valence-corrected chi connectivity index (χ0v) is 11.9. The number of benzene rings is 1. The van der Waals surface area contributed by atoms with Crippen LogP contribution in [0.15, 0.2) is 24.3 Å².